The van der Waals surface area contributed by atoms with Gasteiger partial charge in [-0.2, -0.15) is 0 Å². The van der Waals surface area contributed by atoms with E-state index in [0.29, 0.717) is 5.57 Å². The third-order valence-corrected chi connectivity index (χ3v) is 5.70. The minimum absolute atomic E-state index is 0.0579. The topological polar surface area (TPSA) is 93.7 Å². The Balaban J connectivity index is 1.68. The number of carbonyl (C=O) groups excluding carboxylic acids is 3. The van der Waals surface area contributed by atoms with Gasteiger partial charge in [0, 0.05) is 5.92 Å². The molecule has 7 nitrogen and oxygen atoms in total. The molecule has 0 saturated heterocycles. The van der Waals surface area contributed by atoms with E-state index in [4.69, 9.17) is 9.47 Å². The molecular weight excluding hydrogens is 420 g/mol. The zero-order valence-electron chi connectivity index (χ0n) is 19.6. The maximum Gasteiger partial charge on any atom is 0.407 e. The van der Waals surface area contributed by atoms with Crippen molar-refractivity contribution in [1.29, 1.82) is 0 Å². The van der Waals surface area contributed by atoms with Gasteiger partial charge in [-0.15, -0.1) is 0 Å². The molecule has 1 aliphatic rings. The van der Waals surface area contributed by atoms with Crippen molar-refractivity contribution in [3.8, 4) is 11.1 Å². The largest absolute Gasteiger partial charge is 0.464 e. The van der Waals surface area contributed by atoms with Gasteiger partial charge in [-0.25, -0.2) is 9.59 Å². The fourth-order valence-corrected chi connectivity index (χ4v) is 3.99. The molecule has 3 rings (SSSR count). The lowest BCUT2D eigenvalue weighted by atomic mass is 9.98. The Morgan fingerprint density at radius 1 is 0.939 bits per heavy atom. The SMILES string of the molecule is COC(=O)C(NC(=O)[C@@H](NC(=O)OCC1c2ccccc2-c2ccccc21)C(C)C)=C(C)C. The third-order valence-electron chi connectivity index (χ3n) is 5.70. The number of rotatable bonds is 7. The van der Waals surface area contributed by atoms with E-state index < -0.39 is 24.0 Å². The molecule has 2 aromatic carbocycles. The van der Waals surface area contributed by atoms with Crippen molar-refractivity contribution >= 4 is 18.0 Å². The summed E-state index contributed by atoms with van der Waals surface area (Å²) in [5, 5.41) is 5.21. The first-order chi connectivity index (χ1) is 15.7. The summed E-state index contributed by atoms with van der Waals surface area (Å²) in [6.45, 7) is 7.13. The average Bonchev–Trinajstić information content (AvgIpc) is 3.12. The highest BCUT2D eigenvalue weighted by Crippen LogP contribution is 2.44. The first-order valence-electron chi connectivity index (χ1n) is 10.9. The smallest absolute Gasteiger partial charge is 0.407 e. The number of alkyl carbamates (subject to hydrolysis) is 1. The predicted octanol–water partition coefficient (Wildman–Crippen LogP) is 4.13. The van der Waals surface area contributed by atoms with Crippen molar-refractivity contribution in [2.75, 3.05) is 13.7 Å². The van der Waals surface area contributed by atoms with Crippen LogP contribution in [0.3, 0.4) is 0 Å². The predicted molar refractivity (Wildman–Crippen MR) is 125 cm³/mol. The summed E-state index contributed by atoms with van der Waals surface area (Å²) < 4.78 is 10.3. The molecule has 0 unspecified atom stereocenters. The van der Waals surface area contributed by atoms with E-state index in [0.717, 1.165) is 22.3 Å². The van der Waals surface area contributed by atoms with E-state index in [1.807, 2.05) is 36.4 Å². The average molecular weight is 451 g/mol. The molecule has 0 bridgehead atoms. The fourth-order valence-electron chi connectivity index (χ4n) is 3.99. The minimum Gasteiger partial charge on any atom is -0.464 e. The van der Waals surface area contributed by atoms with Crippen LogP contribution in [-0.2, 0) is 19.1 Å². The molecule has 0 radical (unpaired) electrons. The summed E-state index contributed by atoms with van der Waals surface area (Å²) in [4.78, 5) is 37.4. The highest BCUT2D eigenvalue weighted by atomic mass is 16.5. The molecule has 33 heavy (non-hydrogen) atoms. The maximum absolute atomic E-state index is 12.8. The van der Waals surface area contributed by atoms with Gasteiger partial charge in [0.15, 0.2) is 0 Å². The van der Waals surface area contributed by atoms with Crippen LogP contribution in [0.15, 0.2) is 59.8 Å². The van der Waals surface area contributed by atoms with E-state index in [1.165, 1.54) is 7.11 Å². The normalized spacial score (nSPS) is 12.9. The molecule has 0 saturated carbocycles. The van der Waals surface area contributed by atoms with Crippen molar-refractivity contribution < 1.29 is 23.9 Å². The number of benzene rings is 2. The molecule has 1 atom stereocenters. The van der Waals surface area contributed by atoms with Crippen LogP contribution < -0.4 is 10.6 Å². The lowest BCUT2D eigenvalue weighted by Crippen LogP contribution is -2.50. The molecule has 0 aromatic heterocycles. The Bertz CT molecular complexity index is 1040. The van der Waals surface area contributed by atoms with Crippen LogP contribution in [0.4, 0.5) is 4.79 Å². The number of nitrogens with one attached hydrogen (secondary N) is 2. The minimum atomic E-state index is -0.889. The van der Waals surface area contributed by atoms with Gasteiger partial charge in [0.25, 0.3) is 0 Å². The standard InChI is InChI=1S/C26H30N2O5/c1-15(2)22(24(29)27-23(16(3)4)25(30)32-5)28-26(31)33-14-21-19-12-8-6-10-17(19)18-11-7-9-13-20(18)21/h6-13,15,21-22H,14H2,1-5H3,(H,27,29)(H,28,31)/t22-/m0/s1. The van der Waals surface area contributed by atoms with Gasteiger partial charge >= 0.3 is 12.1 Å². The number of fused-ring (bicyclic) bond motifs is 3. The van der Waals surface area contributed by atoms with Crippen LogP contribution in [0.5, 0.6) is 0 Å². The lowest BCUT2D eigenvalue weighted by molar-refractivity contribution is -0.138. The number of methoxy groups -OCH3 is 1. The number of allylic oxidation sites excluding steroid dienone is 1. The van der Waals surface area contributed by atoms with Gasteiger partial charge in [0.2, 0.25) is 5.91 Å². The van der Waals surface area contributed by atoms with E-state index in [1.54, 1.807) is 27.7 Å². The molecule has 1 aliphatic carbocycles. The summed E-state index contributed by atoms with van der Waals surface area (Å²) in [5.41, 5.74) is 5.14. The van der Waals surface area contributed by atoms with Gasteiger partial charge in [0.05, 0.1) is 7.11 Å². The van der Waals surface area contributed by atoms with Crippen molar-refractivity contribution in [2.24, 2.45) is 5.92 Å². The summed E-state index contributed by atoms with van der Waals surface area (Å²) >= 11 is 0. The fraction of sp³-hybridized carbons (Fsp3) is 0.346. The van der Waals surface area contributed by atoms with Crippen molar-refractivity contribution in [3.63, 3.8) is 0 Å². The second kappa shape index (κ2) is 10.3. The second-order valence-corrected chi connectivity index (χ2v) is 8.55. The number of hydrogen-bond acceptors (Lipinski definition) is 5. The van der Waals surface area contributed by atoms with Gasteiger partial charge in [-0.1, -0.05) is 62.4 Å². The zero-order chi connectivity index (χ0) is 24.1. The quantitative estimate of drug-likeness (QED) is 0.489. The third kappa shape index (κ3) is 5.25. The molecule has 2 amide bonds. The van der Waals surface area contributed by atoms with Crippen LogP contribution >= 0.6 is 0 Å². The molecular formula is C26H30N2O5. The first kappa shape index (κ1) is 24.0. The first-order valence-corrected chi connectivity index (χ1v) is 10.9. The summed E-state index contributed by atoms with van der Waals surface area (Å²) in [6, 6.07) is 15.3. The molecule has 0 spiro atoms. The van der Waals surface area contributed by atoms with Gasteiger partial charge in [0.1, 0.15) is 18.3 Å². The Labute approximate surface area is 194 Å². The Kier molecular flexibility index (Phi) is 7.53. The molecule has 7 heteroatoms. The molecule has 174 valence electrons. The van der Waals surface area contributed by atoms with Gasteiger partial charge in [-0.05, 0) is 47.6 Å². The van der Waals surface area contributed by atoms with E-state index in [-0.39, 0.29) is 24.1 Å². The number of ether oxygens (including phenoxy) is 2. The number of carbonyl (C=O) groups is 3. The van der Waals surface area contributed by atoms with Crippen molar-refractivity contribution in [1.82, 2.24) is 10.6 Å². The molecule has 2 aromatic rings. The molecule has 0 heterocycles. The highest BCUT2D eigenvalue weighted by Gasteiger charge is 2.31. The molecule has 0 fully saturated rings. The zero-order valence-corrected chi connectivity index (χ0v) is 19.6. The Morgan fingerprint density at radius 2 is 1.48 bits per heavy atom. The van der Waals surface area contributed by atoms with Crippen LogP contribution in [0.1, 0.15) is 44.7 Å². The number of amides is 2. The molecule has 2 N–H and O–H groups in total. The van der Waals surface area contributed by atoms with E-state index in [2.05, 4.69) is 22.8 Å². The second-order valence-electron chi connectivity index (χ2n) is 8.55. The van der Waals surface area contributed by atoms with Crippen LogP contribution in [0.25, 0.3) is 11.1 Å². The Morgan fingerprint density at radius 3 is 1.97 bits per heavy atom. The highest BCUT2D eigenvalue weighted by molar-refractivity contribution is 5.96. The van der Waals surface area contributed by atoms with Crippen LogP contribution in [-0.4, -0.2) is 37.7 Å². The van der Waals surface area contributed by atoms with E-state index >= 15 is 0 Å². The number of hydrogen-bond donors (Lipinski definition) is 2. The summed E-state index contributed by atoms with van der Waals surface area (Å²) in [5.74, 6) is -1.47. The summed E-state index contributed by atoms with van der Waals surface area (Å²) in [7, 11) is 1.24. The van der Waals surface area contributed by atoms with E-state index in [9.17, 15) is 14.4 Å². The van der Waals surface area contributed by atoms with Crippen molar-refractivity contribution in [2.45, 2.75) is 39.7 Å². The Hall–Kier alpha value is -3.61. The lowest BCUT2D eigenvalue weighted by Gasteiger charge is -2.23. The van der Waals surface area contributed by atoms with Crippen LogP contribution in [0.2, 0.25) is 0 Å². The maximum atomic E-state index is 12.8. The molecule has 0 aliphatic heterocycles. The van der Waals surface area contributed by atoms with Crippen molar-refractivity contribution in [3.05, 3.63) is 70.9 Å². The summed E-state index contributed by atoms with van der Waals surface area (Å²) in [6.07, 6.45) is -0.692. The van der Waals surface area contributed by atoms with Gasteiger partial charge < -0.3 is 20.1 Å². The van der Waals surface area contributed by atoms with Crippen LogP contribution in [0, 0.1) is 5.92 Å². The van der Waals surface area contributed by atoms with Gasteiger partial charge in [-0.3, -0.25) is 4.79 Å². The number of esters is 1. The monoisotopic (exact) mass is 450 g/mol.